The first-order valence-corrected chi connectivity index (χ1v) is 6.89. The summed E-state index contributed by atoms with van der Waals surface area (Å²) in [5, 5.41) is 3.37. The molecule has 0 radical (unpaired) electrons. The molecule has 2 aromatic rings. The van der Waals surface area contributed by atoms with Crippen LogP contribution in [0.5, 0.6) is 0 Å². The van der Waals surface area contributed by atoms with Crippen molar-refractivity contribution in [3.63, 3.8) is 0 Å². The summed E-state index contributed by atoms with van der Waals surface area (Å²) in [5.74, 6) is 1.34. The number of aromatic nitrogens is 3. The lowest BCUT2D eigenvalue weighted by molar-refractivity contribution is 0.108. The molecule has 1 heterocycles. The van der Waals surface area contributed by atoms with E-state index in [1.165, 1.54) is 0 Å². The van der Waals surface area contributed by atoms with Gasteiger partial charge in [0.15, 0.2) is 5.82 Å². The maximum Gasteiger partial charge on any atom is 0.226 e. The Bertz CT molecular complexity index is 561. The van der Waals surface area contributed by atoms with Crippen LogP contribution in [0.15, 0.2) is 36.7 Å². The van der Waals surface area contributed by atoms with Gasteiger partial charge in [0, 0.05) is 18.7 Å². The van der Waals surface area contributed by atoms with Crippen molar-refractivity contribution in [2.24, 2.45) is 0 Å². The maximum absolute atomic E-state index is 5.38. The molecule has 0 aliphatic heterocycles. The topological polar surface area (TPSA) is 59.9 Å². The summed E-state index contributed by atoms with van der Waals surface area (Å²) in [5.41, 5.74) is 0.999. The molecule has 2 atom stereocenters. The minimum Gasteiger partial charge on any atom is -0.381 e. The van der Waals surface area contributed by atoms with Crippen molar-refractivity contribution in [1.82, 2.24) is 15.0 Å². The van der Waals surface area contributed by atoms with E-state index in [-0.39, 0.29) is 0 Å². The second-order valence-corrected chi connectivity index (χ2v) is 5.01. The van der Waals surface area contributed by atoms with E-state index < -0.39 is 0 Å². The number of ether oxygens (including phenoxy) is 1. The highest BCUT2D eigenvalue weighted by Gasteiger charge is 2.24. The minimum absolute atomic E-state index is 0.350. The molecule has 1 aliphatic carbocycles. The van der Waals surface area contributed by atoms with Gasteiger partial charge in [-0.1, -0.05) is 30.3 Å². The van der Waals surface area contributed by atoms with E-state index >= 15 is 0 Å². The van der Waals surface area contributed by atoms with Crippen molar-refractivity contribution in [3.8, 4) is 11.4 Å². The first kappa shape index (κ1) is 13.0. The number of nitrogens with one attached hydrogen (secondary N) is 1. The number of anilines is 1. The Kier molecular flexibility index (Phi) is 3.87. The molecule has 1 aromatic heterocycles. The number of nitrogens with zero attached hydrogens (tertiary/aromatic N) is 3. The van der Waals surface area contributed by atoms with E-state index in [2.05, 4.69) is 20.3 Å². The van der Waals surface area contributed by atoms with Crippen molar-refractivity contribution in [2.75, 3.05) is 12.4 Å². The Balaban J connectivity index is 1.72. The highest BCUT2D eigenvalue weighted by molar-refractivity contribution is 5.55. The van der Waals surface area contributed by atoms with Gasteiger partial charge in [-0.25, -0.2) is 9.97 Å². The highest BCUT2D eigenvalue weighted by atomic mass is 16.5. The Hall–Kier alpha value is -2.01. The van der Waals surface area contributed by atoms with Gasteiger partial charge in [-0.05, 0) is 19.3 Å². The molecule has 20 heavy (non-hydrogen) atoms. The van der Waals surface area contributed by atoms with Gasteiger partial charge in [0.25, 0.3) is 0 Å². The summed E-state index contributed by atoms with van der Waals surface area (Å²) >= 11 is 0. The first-order chi connectivity index (χ1) is 9.85. The Morgan fingerprint density at radius 3 is 2.75 bits per heavy atom. The van der Waals surface area contributed by atoms with Gasteiger partial charge in [-0.3, -0.25) is 0 Å². The highest BCUT2D eigenvalue weighted by Crippen LogP contribution is 2.24. The van der Waals surface area contributed by atoms with Crippen LogP contribution in [0.3, 0.4) is 0 Å². The van der Waals surface area contributed by atoms with Crippen LogP contribution in [0.25, 0.3) is 11.4 Å². The van der Waals surface area contributed by atoms with Gasteiger partial charge in [-0.15, -0.1) is 0 Å². The SMILES string of the molecule is CO[C@@H]1CC[C@H](Nc2ncnc(-c3ccccc3)n2)C1. The van der Waals surface area contributed by atoms with Crippen molar-refractivity contribution in [1.29, 1.82) is 0 Å². The lowest BCUT2D eigenvalue weighted by atomic mass is 10.2. The summed E-state index contributed by atoms with van der Waals surface area (Å²) in [4.78, 5) is 12.9. The molecule has 0 amide bonds. The molecule has 0 saturated heterocycles. The zero-order valence-corrected chi connectivity index (χ0v) is 11.5. The quantitative estimate of drug-likeness (QED) is 0.925. The van der Waals surface area contributed by atoms with Gasteiger partial charge in [0.1, 0.15) is 6.33 Å². The van der Waals surface area contributed by atoms with Crippen molar-refractivity contribution < 1.29 is 4.74 Å². The van der Waals surface area contributed by atoms with Crippen LogP contribution in [-0.2, 0) is 4.74 Å². The van der Waals surface area contributed by atoms with Gasteiger partial charge in [-0.2, -0.15) is 4.98 Å². The summed E-state index contributed by atoms with van der Waals surface area (Å²) in [6.07, 6.45) is 5.08. The maximum atomic E-state index is 5.38. The van der Waals surface area contributed by atoms with E-state index in [4.69, 9.17) is 4.74 Å². The monoisotopic (exact) mass is 270 g/mol. The van der Waals surface area contributed by atoms with Crippen LogP contribution in [0.2, 0.25) is 0 Å². The molecule has 1 aromatic carbocycles. The minimum atomic E-state index is 0.350. The third-order valence-electron chi connectivity index (χ3n) is 3.65. The lowest BCUT2D eigenvalue weighted by Crippen LogP contribution is -2.19. The molecule has 1 fully saturated rings. The molecular weight excluding hydrogens is 252 g/mol. The molecule has 1 saturated carbocycles. The average molecular weight is 270 g/mol. The van der Waals surface area contributed by atoms with Crippen molar-refractivity contribution >= 4 is 5.95 Å². The van der Waals surface area contributed by atoms with Crippen LogP contribution in [-0.4, -0.2) is 34.2 Å². The van der Waals surface area contributed by atoms with E-state index in [0.717, 1.165) is 24.8 Å². The van der Waals surface area contributed by atoms with Crippen LogP contribution in [0.4, 0.5) is 5.95 Å². The normalized spacial score (nSPS) is 21.9. The van der Waals surface area contributed by atoms with Gasteiger partial charge in [0.2, 0.25) is 5.95 Å². The number of rotatable bonds is 4. The molecule has 0 spiro atoms. The van der Waals surface area contributed by atoms with Crippen LogP contribution in [0.1, 0.15) is 19.3 Å². The second kappa shape index (κ2) is 5.96. The fourth-order valence-electron chi connectivity index (χ4n) is 2.56. The van der Waals surface area contributed by atoms with Crippen LogP contribution >= 0.6 is 0 Å². The molecule has 0 bridgehead atoms. The third-order valence-corrected chi connectivity index (χ3v) is 3.65. The van der Waals surface area contributed by atoms with E-state index in [0.29, 0.717) is 23.9 Å². The summed E-state index contributed by atoms with van der Waals surface area (Å²) < 4.78 is 5.38. The predicted molar refractivity (Wildman–Crippen MR) is 77.3 cm³/mol. The smallest absolute Gasteiger partial charge is 0.226 e. The Morgan fingerprint density at radius 2 is 2.00 bits per heavy atom. The van der Waals surface area contributed by atoms with Crippen molar-refractivity contribution in [3.05, 3.63) is 36.7 Å². The molecule has 0 unspecified atom stereocenters. The van der Waals surface area contributed by atoms with Crippen LogP contribution < -0.4 is 5.32 Å². The first-order valence-electron chi connectivity index (χ1n) is 6.89. The molecule has 1 aliphatic rings. The summed E-state index contributed by atoms with van der Waals surface area (Å²) in [6.45, 7) is 0. The van der Waals surface area contributed by atoms with Gasteiger partial charge in [0.05, 0.1) is 6.10 Å². The molecule has 104 valence electrons. The Morgan fingerprint density at radius 1 is 1.15 bits per heavy atom. The number of benzene rings is 1. The fraction of sp³-hybridized carbons (Fsp3) is 0.400. The molecule has 5 nitrogen and oxygen atoms in total. The Labute approximate surface area is 118 Å². The third kappa shape index (κ3) is 2.93. The van der Waals surface area contributed by atoms with E-state index in [9.17, 15) is 0 Å². The van der Waals surface area contributed by atoms with E-state index in [1.807, 2.05) is 30.3 Å². The molecule has 1 N–H and O–H groups in total. The number of methoxy groups -OCH3 is 1. The molecule has 5 heteroatoms. The largest absolute Gasteiger partial charge is 0.381 e. The number of hydrogen-bond acceptors (Lipinski definition) is 5. The summed E-state index contributed by atoms with van der Waals surface area (Å²) in [6, 6.07) is 10.3. The average Bonchev–Trinajstić information content (AvgIpc) is 2.96. The molecule has 3 rings (SSSR count). The van der Waals surface area contributed by atoms with Crippen LogP contribution in [0, 0.1) is 0 Å². The van der Waals surface area contributed by atoms with Crippen molar-refractivity contribution in [2.45, 2.75) is 31.4 Å². The lowest BCUT2D eigenvalue weighted by Gasteiger charge is -2.12. The second-order valence-electron chi connectivity index (χ2n) is 5.01. The van der Waals surface area contributed by atoms with Gasteiger partial charge >= 0.3 is 0 Å². The fourth-order valence-corrected chi connectivity index (χ4v) is 2.56. The number of hydrogen-bond donors (Lipinski definition) is 1. The zero-order chi connectivity index (χ0) is 13.8. The zero-order valence-electron chi connectivity index (χ0n) is 11.5. The molecular formula is C15H18N4O. The standard InChI is InChI=1S/C15H18N4O/c1-20-13-8-7-12(9-13)18-15-17-10-16-14(19-15)11-5-3-2-4-6-11/h2-6,10,12-13H,7-9H2,1H3,(H,16,17,18,19)/t12-,13+/m0/s1. The predicted octanol–water partition coefficient (Wildman–Crippen LogP) is 2.52. The van der Waals surface area contributed by atoms with Gasteiger partial charge < -0.3 is 10.1 Å². The summed E-state index contributed by atoms with van der Waals surface area (Å²) in [7, 11) is 1.77. The van der Waals surface area contributed by atoms with E-state index in [1.54, 1.807) is 13.4 Å².